The molecule has 1 fully saturated rings. The largest absolute Gasteiger partial charge is 0.354 e. The van der Waals surface area contributed by atoms with Gasteiger partial charge in [-0.15, -0.1) is 0 Å². The Labute approximate surface area is 216 Å². The molecule has 3 aromatic carbocycles. The van der Waals surface area contributed by atoms with Gasteiger partial charge >= 0.3 is 0 Å². The summed E-state index contributed by atoms with van der Waals surface area (Å²) in [6, 6.07) is 23.8. The first-order valence-corrected chi connectivity index (χ1v) is 13.6. The van der Waals surface area contributed by atoms with E-state index in [4.69, 9.17) is 5.26 Å². The first kappa shape index (κ1) is 24.7. The lowest BCUT2D eigenvalue weighted by atomic mass is 10.00. The number of carbonyl (C=O) groups is 1. The Hall–Kier alpha value is -3.97. The van der Waals surface area contributed by atoms with E-state index < -0.39 is 10.0 Å². The van der Waals surface area contributed by atoms with E-state index in [1.165, 1.54) is 30.5 Å². The predicted octanol–water partition coefficient (Wildman–Crippen LogP) is 4.02. The number of anilines is 2. The molecule has 0 atom stereocenters. The van der Waals surface area contributed by atoms with Crippen LogP contribution in [-0.2, 0) is 21.4 Å². The van der Waals surface area contributed by atoms with Crippen molar-refractivity contribution in [3.8, 4) is 6.07 Å². The van der Waals surface area contributed by atoms with E-state index in [1.807, 2.05) is 42.5 Å². The van der Waals surface area contributed by atoms with Gasteiger partial charge in [0.1, 0.15) is 0 Å². The molecule has 3 aromatic rings. The highest BCUT2D eigenvalue weighted by Crippen LogP contribution is 2.38. The molecular formula is C28H27N5O3S. The zero-order valence-corrected chi connectivity index (χ0v) is 21.0. The highest BCUT2D eigenvalue weighted by atomic mass is 32.2. The van der Waals surface area contributed by atoms with Gasteiger partial charge in [-0.05, 0) is 67.4 Å². The predicted molar refractivity (Wildman–Crippen MR) is 144 cm³/mol. The Morgan fingerprint density at radius 3 is 2.43 bits per heavy atom. The highest BCUT2D eigenvalue weighted by molar-refractivity contribution is 7.89. The van der Waals surface area contributed by atoms with Gasteiger partial charge in [0.2, 0.25) is 10.0 Å². The van der Waals surface area contributed by atoms with E-state index in [0.29, 0.717) is 22.5 Å². The van der Waals surface area contributed by atoms with Crippen LogP contribution in [0, 0.1) is 11.3 Å². The minimum Gasteiger partial charge on any atom is -0.354 e. The molecule has 5 rings (SSSR count). The molecule has 2 aliphatic heterocycles. The van der Waals surface area contributed by atoms with Crippen molar-refractivity contribution in [1.29, 1.82) is 5.26 Å². The number of hydrogen-bond acceptors (Lipinski definition) is 6. The summed E-state index contributed by atoms with van der Waals surface area (Å²) in [5.74, 6) is -0.327. The molecule has 0 aliphatic carbocycles. The highest BCUT2D eigenvalue weighted by Gasteiger charge is 2.30. The summed E-state index contributed by atoms with van der Waals surface area (Å²) >= 11 is 0. The number of likely N-dealkylation sites (tertiary alicyclic amines) is 1. The second-order valence-corrected chi connectivity index (χ2v) is 10.8. The maximum Gasteiger partial charge on any atom is 0.258 e. The van der Waals surface area contributed by atoms with Gasteiger partial charge in [-0.3, -0.25) is 9.69 Å². The third-order valence-corrected chi connectivity index (χ3v) is 7.93. The van der Waals surface area contributed by atoms with E-state index in [9.17, 15) is 13.2 Å². The Balaban J connectivity index is 1.53. The molecule has 3 N–H and O–H groups in total. The van der Waals surface area contributed by atoms with Crippen molar-refractivity contribution in [2.24, 2.45) is 0 Å². The van der Waals surface area contributed by atoms with E-state index in [1.54, 1.807) is 12.1 Å². The molecule has 1 amide bonds. The van der Waals surface area contributed by atoms with Crippen LogP contribution in [0.5, 0.6) is 0 Å². The second kappa shape index (κ2) is 10.6. The van der Waals surface area contributed by atoms with Gasteiger partial charge < -0.3 is 10.6 Å². The van der Waals surface area contributed by atoms with Crippen LogP contribution in [-0.4, -0.2) is 38.9 Å². The van der Waals surface area contributed by atoms with E-state index in [2.05, 4.69) is 32.4 Å². The molecule has 0 aromatic heterocycles. The Kier molecular flexibility index (Phi) is 7.06. The summed E-state index contributed by atoms with van der Waals surface area (Å²) < 4.78 is 27.6. The van der Waals surface area contributed by atoms with Gasteiger partial charge in [-0.1, -0.05) is 42.5 Å². The van der Waals surface area contributed by atoms with Crippen molar-refractivity contribution < 1.29 is 13.2 Å². The number of nitrogens with one attached hydrogen (secondary N) is 3. The lowest BCUT2D eigenvalue weighted by Crippen LogP contribution is -2.23. The summed E-state index contributed by atoms with van der Waals surface area (Å²) in [7, 11) is -3.91. The van der Waals surface area contributed by atoms with E-state index in [-0.39, 0.29) is 17.3 Å². The van der Waals surface area contributed by atoms with Crippen LogP contribution < -0.4 is 15.4 Å². The lowest BCUT2D eigenvalue weighted by Gasteiger charge is -2.17. The number of fused-ring (bicyclic) bond motifs is 1. The van der Waals surface area contributed by atoms with Crippen LogP contribution in [0.4, 0.5) is 11.4 Å². The van der Waals surface area contributed by atoms with Crippen molar-refractivity contribution >= 4 is 38.6 Å². The normalized spacial score (nSPS) is 16.7. The molecule has 2 aliphatic rings. The SMILES string of the molecule is N#CCNS(=O)(=O)c1ccc2c(c1)/C(=C(/Nc1ccc(CN3CCCC3)cc1)c1ccccc1)C(=O)N2. The number of nitrogens with zero attached hydrogens (tertiary/aromatic N) is 2. The average Bonchev–Trinajstić information content (AvgIpc) is 3.54. The zero-order valence-electron chi connectivity index (χ0n) is 20.2. The number of benzene rings is 3. The molecule has 188 valence electrons. The molecule has 0 radical (unpaired) electrons. The molecular weight excluding hydrogens is 486 g/mol. The minimum atomic E-state index is -3.91. The summed E-state index contributed by atoms with van der Waals surface area (Å²) in [6.45, 7) is 2.83. The van der Waals surface area contributed by atoms with Crippen molar-refractivity contribution in [2.45, 2.75) is 24.3 Å². The molecule has 8 nitrogen and oxygen atoms in total. The van der Waals surface area contributed by atoms with Crippen LogP contribution in [0.25, 0.3) is 11.3 Å². The third-order valence-electron chi connectivity index (χ3n) is 6.53. The van der Waals surface area contributed by atoms with Gasteiger partial charge in [-0.2, -0.15) is 9.98 Å². The first-order valence-electron chi connectivity index (χ1n) is 12.1. The fourth-order valence-electron chi connectivity index (χ4n) is 4.69. The molecule has 37 heavy (non-hydrogen) atoms. The van der Waals surface area contributed by atoms with Gasteiger partial charge in [0.25, 0.3) is 5.91 Å². The van der Waals surface area contributed by atoms with E-state index >= 15 is 0 Å². The second-order valence-electron chi connectivity index (χ2n) is 9.07. The first-order chi connectivity index (χ1) is 17.9. The van der Waals surface area contributed by atoms with Crippen molar-refractivity contribution in [3.63, 3.8) is 0 Å². The number of sulfonamides is 1. The minimum absolute atomic E-state index is 0.0193. The van der Waals surface area contributed by atoms with Gasteiger partial charge in [-0.25, -0.2) is 8.42 Å². The quantitative estimate of drug-likeness (QED) is 0.310. The molecule has 0 bridgehead atoms. The van der Waals surface area contributed by atoms with Gasteiger partial charge in [0.15, 0.2) is 0 Å². The summed E-state index contributed by atoms with van der Waals surface area (Å²) in [5.41, 5.74) is 4.75. The lowest BCUT2D eigenvalue weighted by molar-refractivity contribution is -0.110. The van der Waals surface area contributed by atoms with Gasteiger partial charge in [0, 0.05) is 23.5 Å². The molecule has 9 heteroatoms. The smallest absolute Gasteiger partial charge is 0.258 e. The Bertz CT molecular complexity index is 1490. The number of amides is 1. The van der Waals surface area contributed by atoms with Crippen LogP contribution in [0.15, 0.2) is 77.7 Å². The van der Waals surface area contributed by atoms with Crippen LogP contribution in [0.3, 0.4) is 0 Å². The number of carbonyl (C=O) groups excluding carboxylic acids is 1. The number of hydrogen-bond donors (Lipinski definition) is 3. The third kappa shape index (κ3) is 5.42. The summed E-state index contributed by atoms with van der Waals surface area (Å²) in [6.07, 6.45) is 2.49. The fraction of sp³-hybridized carbons (Fsp3) is 0.214. The van der Waals surface area contributed by atoms with Crippen LogP contribution in [0.1, 0.15) is 29.5 Å². The van der Waals surface area contributed by atoms with E-state index in [0.717, 1.165) is 30.9 Å². The topological polar surface area (TPSA) is 114 Å². The van der Waals surface area contributed by atoms with Crippen molar-refractivity contribution in [3.05, 3.63) is 89.5 Å². The molecule has 2 heterocycles. The monoisotopic (exact) mass is 513 g/mol. The van der Waals surface area contributed by atoms with Crippen molar-refractivity contribution in [2.75, 3.05) is 30.3 Å². The Morgan fingerprint density at radius 2 is 1.73 bits per heavy atom. The number of rotatable bonds is 8. The van der Waals surface area contributed by atoms with Crippen molar-refractivity contribution in [1.82, 2.24) is 9.62 Å². The maximum atomic E-state index is 13.2. The number of nitriles is 1. The maximum absolute atomic E-state index is 13.2. The Morgan fingerprint density at radius 1 is 1.00 bits per heavy atom. The van der Waals surface area contributed by atoms with Gasteiger partial charge in [0.05, 0.1) is 28.8 Å². The summed E-state index contributed by atoms with van der Waals surface area (Å²) in [4.78, 5) is 15.6. The molecule has 1 saturated heterocycles. The van der Waals surface area contributed by atoms with Crippen LogP contribution in [0.2, 0.25) is 0 Å². The summed E-state index contributed by atoms with van der Waals surface area (Å²) in [5, 5.41) is 15.0. The molecule has 0 unspecified atom stereocenters. The van der Waals surface area contributed by atoms with Crippen LogP contribution >= 0.6 is 0 Å². The standard InChI is InChI=1S/C28H27N5O3S/c29-14-15-30-37(35,36)23-12-13-25-24(18-23)26(28(34)32-25)27(21-6-2-1-3-7-21)31-22-10-8-20(9-11-22)19-33-16-4-5-17-33/h1-3,6-13,18,30-31H,4-5,15-17,19H2,(H,32,34)/b27-26-. The molecule has 0 saturated carbocycles. The molecule has 0 spiro atoms. The zero-order chi connectivity index (χ0) is 25.8. The fourth-order valence-corrected chi connectivity index (χ4v) is 5.63. The average molecular weight is 514 g/mol.